The summed E-state index contributed by atoms with van der Waals surface area (Å²) in [7, 11) is 0. The number of carboxylic acid groups (broad SMARTS) is 1. The molecule has 0 aliphatic heterocycles. The molecule has 3 aliphatic carbocycles. The van der Waals surface area contributed by atoms with E-state index in [9.17, 15) is 14.7 Å². The summed E-state index contributed by atoms with van der Waals surface area (Å²) in [6.07, 6.45) is 3.06. The van der Waals surface area contributed by atoms with Crippen LogP contribution in [0.3, 0.4) is 0 Å². The van der Waals surface area contributed by atoms with Crippen LogP contribution in [0.15, 0.2) is 24.3 Å². The summed E-state index contributed by atoms with van der Waals surface area (Å²) in [6.45, 7) is 3.61. The van der Waals surface area contributed by atoms with Gasteiger partial charge in [0.05, 0.1) is 5.41 Å². The van der Waals surface area contributed by atoms with Crippen LogP contribution in [0.2, 0.25) is 5.02 Å². The van der Waals surface area contributed by atoms with Crippen molar-refractivity contribution in [2.45, 2.75) is 39.5 Å². The van der Waals surface area contributed by atoms with E-state index in [0.717, 1.165) is 19.3 Å². The van der Waals surface area contributed by atoms with Gasteiger partial charge in [0.2, 0.25) is 0 Å². The van der Waals surface area contributed by atoms with Gasteiger partial charge in [0.25, 0.3) is 0 Å². The molecule has 3 fully saturated rings. The highest BCUT2D eigenvalue weighted by molar-refractivity contribution is 6.31. The van der Waals surface area contributed by atoms with Gasteiger partial charge in [-0.15, -0.1) is 0 Å². The minimum Gasteiger partial charge on any atom is -0.481 e. The van der Waals surface area contributed by atoms with Crippen LogP contribution in [-0.4, -0.2) is 16.9 Å². The molecule has 21 heavy (non-hydrogen) atoms. The van der Waals surface area contributed by atoms with Gasteiger partial charge in [-0.25, -0.2) is 0 Å². The Balaban J connectivity index is 1.66. The first kappa shape index (κ1) is 14.6. The first-order chi connectivity index (χ1) is 9.70. The molecule has 0 atom stereocenters. The summed E-state index contributed by atoms with van der Waals surface area (Å²) < 4.78 is 0. The van der Waals surface area contributed by atoms with E-state index in [1.165, 1.54) is 0 Å². The second kappa shape index (κ2) is 4.33. The third-order valence-corrected chi connectivity index (χ3v) is 5.92. The molecule has 0 saturated heterocycles. The predicted octanol–water partition coefficient (Wildman–Crippen LogP) is 4.19. The molecule has 0 radical (unpaired) electrons. The van der Waals surface area contributed by atoms with Crippen molar-refractivity contribution in [1.29, 1.82) is 0 Å². The zero-order valence-electron chi connectivity index (χ0n) is 12.3. The van der Waals surface area contributed by atoms with Crippen molar-refractivity contribution in [1.82, 2.24) is 0 Å². The second-order valence-electron chi connectivity index (χ2n) is 7.35. The number of hydrogen-bond donors (Lipinski definition) is 1. The zero-order valence-corrected chi connectivity index (χ0v) is 13.0. The van der Waals surface area contributed by atoms with Gasteiger partial charge in [0.1, 0.15) is 0 Å². The van der Waals surface area contributed by atoms with Crippen molar-refractivity contribution in [2.24, 2.45) is 16.2 Å². The van der Waals surface area contributed by atoms with Crippen molar-refractivity contribution < 1.29 is 14.7 Å². The number of ketones is 1. The third kappa shape index (κ3) is 2.02. The highest BCUT2D eigenvalue weighted by atomic mass is 35.5. The third-order valence-electron chi connectivity index (χ3n) is 5.68. The smallest absolute Gasteiger partial charge is 0.309 e. The maximum Gasteiger partial charge on any atom is 0.309 e. The highest BCUT2D eigenvalue weighted by Gasteiger charge is 2.74. The molecule has 0 amide bonds. The van der Waals surface area contributed by atoms with Crippen LogP contribution in [0.5, 0.6) is 0 Å². The molecule has 0 aromatic heterocycles. The number of carbonyl (C=O) groups is 2. The van der Waals surface area contributed by atoms with E-state index in [-0.39, 0.29) is 16.6 Å². The molecular formula is C17H19ClO3. The van der Waals surface area contributed by atoms with Crippen LogP contribution in [0.1, 0.15) is 49.9 Å². The maximum atomic E-state index is 12.3. The molecule has 0 heterocycles. The van der Waals surface area contributed by atoms with E-state index >= 15 is 0 Å². The zero-order chi connectivity index (χ0) is 15.5. The lowest BCUT2D eigenvalue weighted by molar-refractivity contribution is -0.260. The maximum absolute atomic E-state index is 12.3. The summed E-state index contributed by atoms with van der Waals surface area (Å²) in [4.78, 5) is 23.7. The Labute approximate surface area is 129 Å². The fraction of sp³-hybridized carbons (Fsp3) is 0.529. The summed E-state index contributed by atoms with van der Waals surface area (Å²) in [6, 6.07) is 7.03. The molecular weight excluding hydrogens is 288 g/mol. The molecule has 0 spiro atoms. The first-order valence-electron chi connectivity index (χ1n) is 7.22. The van der Waals surface area contributed by atoms with E-state index in [4.69, 9.17) is 11.6 Å². The Kier molecular flexibility index (Phi) is 3.00. The monoisotopic (exact) mass is 306 g/mol. The molecule has 1 aromatic carbocycles. The molecule has 1 N–H and O–H groups in total. The van der Waals surface area contributed by atoms with Gasteiger partial charge in [0, 0.05) is 17.0 Å². The van der Waals surface area contributed by atoms with E-state index in [2.05, 4.69) is 0 Å². The van der Waals surface area contributed by atoms with Crippen LogP contribution >= 0.6 is 11.6 Å². The molecule has 112 valence electrons. The number of rotatable bonds is 5. The number of carboxylic acids is 1. The second-order valence-corrected chi connectivity index (χ2v) is 7.79. The van der Waals surface area contributed by atoms with E-state index in [0.29, 0.717) is 17.0 Å². The standard InChI is InChI=1S/C17H19ClO3/c1-15(2,14(20)21)17-8-16(9-17,10-17)7-13(19)11-4-3-5-12(18)6-11/h3-6H,7-10H2,1-2H3,(H,20,21). The number of carbonyl (C=O) groups excluding carboxylic acids is 1. The molecule has 0 unspecified atom stereocenters. The lowest BCUT2D eigenvalue weighted by atomic mass is 9.28. The van der Waals surface area contributed by atoms with Crippen LogP contribution in [-0.2, 0) is 4.79 Å². The molecule has 3 saturated carbocycles. The average molecular weight is 307 g/mol. The Morgan fingerprint density at radius 3 is 2.43 bits per heavy atom. The van der Waals surface area contributed by atoms with Crippen molar-refractivity contribution in [3.05, 3.63) is 34.9 Å². The minimum absolute atomic E-state index is 0.0339. The number of hydrogen-bond acceptors (Lipinski definition) is 2. The number of benzene rings is 1. The summed E-state index contributed by atoms with van der Waals surface area (Å²) in [5.74, 6) is -0.629. The normalized spacial score (nSPS) is 30.2. The topological polar surface area (TPSA) is 54.4 Å². The molecule has 3 nitrogen and oxygen atoms in total. The molecule has 2 bridgehead atoms. The fourth-order valence-corrected chi connectivity index (χ4v) is 4.37. The van der Waals surface area contributed by atoms with Gasteiger partial charge >= 0.3 is 5.97 Å². The summed E-state index contributed by atoms with van der Waals surface area (Å²) in [5, 5.41) is 9.93. The summed E-state index contributed by atoms with van der Waals surface area (Å²) >= 11 is 5.92. The van der Waals surface area contributed by atoms with Gasteiger partial charge in [-0.1, -0.05) is 23.7 Å². The van der Waals surface area contributed by atoms with Crippen LogP contribution in [0, 0.1) is 16.2 Å². The fourth-order valence-electron chi connectivity index (χ4n) is 4.18. The SMILES string of the molecule is CC(C)(C(=O)O)C12CC(CC(=O)c3cccc(Cl)c3)(C1)C2. The molecule has 4 rings (SSSR count). The lowest BCUT2D eigenvalue weighted by Crippen LogP contribution is -2.69. The highest BCUT2D eigenvalue weighted by Crippen LogP contribution is 2.80. The summed E-state index contributed by atoms with van der Waals surface area (Å²) in [5.41, 5.74) is -0.119. The van der Waals surface area contributed by atoms with Crippen molar-refractivity contribution in [3.8, 4) is 0 Å². The Hall–Kier alpha value is -1.35. The van der Waals surface area contributed by atoms with Crippen molar-refractivity contribution in [3.63, 3.8) is 0 Å². The van der Waals surface area contributed by atoms with Gasteiger partial charge in [-0.3, -0.25) is 9.59 Å². The lowest BCUT2D eigenvalue weighted by Gasteiger charge is -2.75. The quantitative estimate of drug-likeness (QED) is 0.830. The first-order valence-corrected chi connectivity index (χ1v) is 7.60. The van der Waals surface area contributed by atoms with Crippen molar-refractivity contribution >= 4 is 23.4 Å². The molecule has 4 heteroatoms. The Bertz CT molecular complexity index is 613. The predicted molar refractivity (Wildman–Crippen MR) is 80.5 cm³/mol. The Morgan fingerprint density at radius 2 is 1.90 bits per heavy atom. The van der Waals surface area contributed by atoms with E-state index in [1.807, 2.05) is 0 Å². The van der Waals surface area contributed by atoms with Gasteiger partial charge in [0.15, 0.2) is 5.78 Å². The number of halogens is 1. The number of aliphatic carboxylic acids is 1. The van der Waals surface area contributed by atoms with Gasteiger partial charge in [-0.2, -0.15) is 0 Å². The minimum atomic E-state index is -0.739. The van der Waals surface area contributed by atoms with E-state index in [1.54, 1.807) is 38.1 Å². The van der Waals surface area contributed by atoms with E-state index < -0.39 is 11.4 Å². The Morgan fingerprint density at radius 1 is 1.29 bits per heavy atom. The van der Waals surface area contributed by atoms with Gasteiger partial charge in [-0.05, 0) is 56.1 Å². The molecule has 3 aliphatic rings. The number of Topliss-reactive ketones (excluding diaryl/α,β-unsaturated/α-hetero) is 1. The largest absolute Gasteiger partial charge is 0.481 e. The molecule has 1 aromatic rings. The van der Waals surface area contributed by atoms with Crippen LogP contribution < -0.4 is 0 Å². The van der Waals surface area contributed by atoms with Crippen molar-refractivity contribution in [2.75, 3.05) is 0 Å². The van der Waals surface area contributed by atoms with Gasteiger partial charge < -0.3 is 5.11 Å². The average Bonchev–Trinajstić information content (AvgIpc) is 2.31. The van der Waals surface area contributed by atoms with Crippen LogP contribution in [0.4, 0.5) is 0 Å². The van der Waals surface area contributed by atoms with Crippen LogP contribution in [0.25, 0.3) is 0 Å².